The molecule has 0 amide bonds. The molecule has 4 rings (SSSR count). The molecule has 0 spiro atoms. The Balaban J connectivity index is 1.34. The third-order valence-electron chi connectivity index (χ3n) is 6.57. The molecular formula is C24H31ClN2O2. The van der Waals surface area contributed by atoms with Gasteiger partial charge in [-0.25, -0.2) is 0 Å². The van der Waals surface area contributed by atoms with Crippen LogP contribution >= 0.6 is 11.6 Å². The van der Waals surface area contributed by atoms with E-state index in [1.54, 1.807) is 13.2 Å². The first kappa shape index (κ1) is 20.3. The number of nitrogens with one attached hydrogen (secondary N) is 1. The van der Waals surface area contributed by atoms with Gasteiger partial charge in [0.05, 0.1) is 23.2 Å². The maximum absolute atomic E-state index is 12.9. The molecule has 2 aliphatic rings. The number of carbonyl (C=O) groups is 1. The van der Waals surface area contributed by atoms with Crippen molar-refractivity contribution in [3.63, 3.8) is 0 Å². The second kappa shape index (κ2) is 9.25. The predicted octanol–water partition coefficient (Wildman–Crippen LogP) is 6.21. The number of benzene rings is 1. The van der Waals surface area contributed by atoms with Gasteiger partial charge in [-0.05, 0) is 55.9 Å². The molecule has 1 atom stereocenters. The summed E-state index contributed by atoms with van der Waals surface area (Å²) in [5.74, 6) is 2.06. The van der Waals surface area contributed by atoms with E-state index in [-0.39, 0.29) is 5.78 Å². The molecule has 4 nitrogen and oxygen atoms in total. The number of methoxy groups -OCH3 is 1. The van der Waals surface area contributed by atoms with Crippen LogP contribution in [-0.2, 0) is 0 Å². The van der Waals surface area contributed by atoms with Crippen molar-refractivity contribution >= 4 is 28.3 Å². The van der Waals surface area contributed by atoms with Crippen molar-refractivity contribution in [2.45, 2.75) is 51.4 Å². The average Bonchev–Trinajstić information content (AvgIpc) is 3.24. The third-order valence-corrected chi connectivity index (χ3v) is 6.86. The molecule has 0 radical (unpaired) electrons. The van der Waals surface area contributed by atoms with Crippen molar-refractivity contribution in [3.8, 4) is 5.75 Å². The molecule has 0 bridgehead atoms. The summed E-state index contributed by atoms with van der Waals surface area (Å²) in [5, 5.41) is 1.42. The summed E-state index contributed by atoms with van der Waals surface area (Å²) in [6.45, 7) is 2.31. The first-order valence-electron chi connectivity index (χ1n) is 10.9. The van der Waals surface area contributed by atoms with Gasteiger partial charge in [-0.15, -0.1) is 0 Å². The van der Waals surface area contributed by atoms with E-state index in [4.69, 9.17) is 16.3 Å². The number of aromatic nitrogens is 1. The van der Waals surface area contributed by atoms with E-state index in [0.717, 1.165) is 36.2 Å². The lowest BCUT2D eigenvalue weighted by Crippen LogP contribution is -2.30. The van der Waals surface area contributed by atoms with Gasteiger partial charge in [-0.3, -0.25) is 4.79 Å². The van der Waals surface area contributed by atoms with E-state index < -0.39 is 0 Å². The summed E-state index contributed by atoms with van der Waals surface area (Å²) in [7, 11) is 1.61. The first-order chi connectivity index (χ1) is 14.2. The molecule has 1 saturated carbocycles. The molecule has 1 aromatic carbocycles. The maximum Gasteiger partial charge on any atom is 0.166 e. The number of ketones is 1. The number of nitrogens with zero attached hydrogens (tertiary/aromatic N) is 1. The zero-order valence-electron chi connectivity index (χ0n) is 17.3. The summed E-state index contributed by atoms with van der Waals surface area (Å²) in [6, 6.07) is 3.64. The molecule has 1 aliphatic heterocycles. The number of carbonyl (C=O) groups excluding carboxylic acids is 1. The SMILES string of the molecule is COc1c(C(=O)CC[C@H]2C=CN(CC3CCCCC3)CC2)cc(Cl)c2[nH]ccc12. The number of H-pyrrole nitrogens is 1. The van der Waals surface area contributed by atoms with Crippen LogP contribution in [0.1, 0.15) is 61.7 Å². The summed E-state index contributed by atoms with van der Waals surface area (Å²) < 4.78 is 5.55. The second-order valence-corrected chi connectivity index (χ2v) is 8.96. The van der Waals surface area contributed by atoms with E-state index in [2.05, 4.69) is 22.2 Å². The van der Waals surface area contributed by atoms with Gasteiger partial charge in [0.1, 0.15) is 5.75 Å². The monoisotopic (exact) mass is 414 g/mol. The van der Waals surface area contributed by atoms with Gasteiger partial charge in [0.2, 0.25) is 0 Å². The van der Waals surface area contributed by atoms with Crippen LogP contribution in [0.25, 0.3) is 10.9 Å². The van der Waals surface area contributed by atoms with Crippen molar-refractivity contribution in [2.24, 2.45) is 11.8 Å². The molecule has 0 unspecified atom stereocenters. The Hall–Kier alpha value is -1.94. The number of ether oxygens (including phenoxy) is 1. The Bertz CT molecular complexity index is 882. The molecular weight excluding hydrogens is 384 g/mol. The summed E-state index contributed by atoms with van der Waals surface area (Å²) in [6.07, 6.45) is 15.9. The summed E-state index contributed by atoms with van der Waals surface area (Å²) in [4.78, 5) is 18.5. The fraction of sp³-hybridized carbons (Fsp3) is 0.542. The lowest BCUT2D eigenvalue weighted by molar-refractivity contribution is 0.0971. The van der Waals surface area contributed by atoms with E-state index in [1.807, 2.05) is 12.3 Å². The smallest absolute Gasteiger partial charge is 0.166 e. The Kier molecular flexibility index (Phi) is 6.49. The maximum atomic E-state index is 12.9. The predicted molar refractivity (Wildman–Crippen MR) is 119 cm³/mol. The number of halogens is 1. The van der Waals surface area contributed by atoms with Gasteiger partial charge in [-0.2, -0.15) is 0 Å². The van der Waals surface area contributed by atoms with Crippen molar-refractivity contribution in [3.05, 3.63) is 41.2 Å². The molecule has 1 N–H and O–H groups in total. The van der Waals surface area contributed by atoms with Gasteiger partial charge in [-0.1, -0.05) is 36.9 Å². The number of Topliss-reactive ketones (excluding diaryl/α,β-unsaturated/α-hetero) is 1. The molecule has 1 fully saturated rings. The van der Waals surface area contributed by atoms with E-state index in [0.29, 0.717) is 28.7 Å². The van der Waals surface area contributed by atoms with Crippen LogP contribution in [0.2, 0.25) is 5.02 Å². The third kappa shape index (κ3) is 4.63. The fourth-order valence-electron chi connectivity index (χ4n) is 4.88. The highest BCUT2D eigenvalue weighted by atomic mass is 35.5. The van der Waals surface area contributed by atoms with Gasteiger partial charge >= 0.3 is 0 Å². The Morgan fingerprint density at radius 1 is 1.28 bits per heavy atom. The number of allylic oxidation sites excluding steroid dienone is 1. The molecule has 1 aromatic heterocycles. The van der Waals surface area contributed by atoms with Crippen molar-refractivity contribution < 1.29 is 9.53 Å². The highest BCUT2D eigenvalue weighted by Gasteiger charge is 2.22. The fourth-order valence-corrected chi connectivity index (χ4v) is 5.15. The second-order valence-electron chi connectivity index (χ2n) is 8.56. The van der Waals surface area contributed by atoms with Crippen LogP contribution < -0.4 is 4.74 Å². The highest BCUT2D eigenvalue weighted by molar-refractivity contribution is 6.36. The lowest BCUT2D eigenvalue weighted by atomic mass is 9.88. The molecule has 2 aromatic rings. The molecule has 29 heavy (non-hydrogen) atoms. The van der Waals surface area contributed by atoms with E-state index >= 15 is 0 Å². The first-order valence-corrected chi connectivity index (χ1v) is 11.3. The number of fused-ring (bicyclic) bond motifs is 1. The Morgan fingerprint density at radius 2 is 2.10 bits per heavy atom. The van der Waals surface area contributed by atoms with Crippen LogP contribution in [0.3, 0.4) is 0 Å². The Labute approximate surface area is 178 Å². The van der Waals surface area contributed by atoms with Crippen LogP contribution in [0.5, 0.6) is 5.75 Å². The van der Waals surface area contributed by atoms with Crippen LogP contribution in [-0.4, -0.2) is 35.9 Å². The van der Waals surface area contributed by atoms with Gasteiger partial charge in [0.25, 0.3) is 0 Å². The minimum absolute atomic E-state index is 0.102. The zero-order valence-corrected chi connectivity index (χ0v) is 18.0. The topological polar surface area (TPSA) is 45.3 Å². The van der Waals surface area contributed by atoms with Crippen molar-refractivity contribution in [1.29, 1.82) is 0 Å². The highest BCUT2D eigenvalue weighted by Crippen LogP contribution is 2.35. The summed E-state index contributed by atoms with van der Waals surface area (Å²) in [5.41, 5.74) is 1.40. The number of rotatable bonds is 7. The van der Waals surface area contributed by atoms with Gasteiger partial charge in [0.15, 0.2) is 5.78 Å². The summed E-state index contributed by atoms with van der Waals surface area (Å²) >= 11 is 6.37. The average molecular weight is 415 g/mol. The number of hydrogen-bond donors (Lipinski definition) is 1. The minimum atomic E-state index is 0.102. The van der Waals surface area contributed by atoms with Gasteiger partial charge in [0, 0.05) is 31.1 Å². The number of hydrogen-bond acceptors (Lipinski definition) is 3. The molecule has 5 heteroatoms. The zero-order chi connectivity index (χ0) is 20.2. The Morgan fingerprint density at radius 3 is 2.83 bits per heavy atom. The van der Waals surface area contributed by atoms with Gasteiger partial charge < -0.3 is 14.6 Å². The van der Waals surface area contributed by atoms with E-state index in [1.165, 1.54) is 38.6 Å². The van der Waals surface area contributed by atoms with Crippen LogP contribution in [0.4, 0.5) is 0 Å². The number of aromatic amines is 1. The van der Waals surface area contributed by atoms with Crippen molar-refractivity contribution in [2.75, 3.05) is 20.2 Å². The largest absolute Gasteiger partial charge is 0.495 e. The standard InChI is InChI=1S/C24H31ClN2O2/c1-29-24-19-9-12-26-23(19)21(25)15-20(24)22(28)8-7-17-10-13-27(14-11-17)16-18-5-3-2-4-6-18/h9-10,12-13,15,17-18,26H,2-8,11,14,16H2,1H3/t17-/m0/s1. The normalized spacial score (nSPS) is 20.3. The molecule has 2 heterocycles. The lowest BCUT2D eigenvalue weighted by Gasteiger charge is -2.32. The van der Waals surface area contributed by atoms with E-state index in [9.17, 15) is 4.79 Å². The van der Waals surface area contributed by atoms with Crippen molar-refractivity contribution in [1.82, 2.24) is 9.88 Å². The van der Waals surface area contributed by atoms with Crippen LogP contribution in [0.15, 0.2) is 30.6 Å². The minimum Gasteiger partial charge on any atom is -0.495 e. The van der Waals surface area contributed by atoms with Crippen LogP contribution in [0, 0.1) is 11.8 Å². The molecule has 156 valence electrons. The molecule has 1 aliphatic carbocycles. The molecule has 0 saturated heterocycles. The quantitative estimate of drug-likeness (QED) is 0.548.